The van der Waals surface area contributed by atoms with Gasteiger partial charge in [-0.25, -0.2) is 4.79 Å². The minimum Gasteiger partial charge on any atom is -0.496 e. The number of rotatable bonds is 8. The van der Waals surface area contributed by atoms with E-state index in [9.17, 15) is 9.59 Å². The molecule has 0 spiro atoms. The normalized spacial score (nSPS) is 14.3. The van der Waals surface area contributed by atoms with E-state index in [1.165, 1.54) is 0 Å². The van der Waals surface area contributed by atoms with Crippen molar-refractivity contribution in [1.29, 1.82) is 0 Å². The third-order valence-electron chi connectivity index (χ3n) is 4.16. The number of hydrogen-bond acceptors (Lipinski definition) is 7. The van der Waals surface area contributed by atoms with Crippen molar-refractivity contribution in [3.8, 4) is 11.5 Å². The molecule has 1 saturated heterocycles. The number of benzene rings is 1. The van der Waals surface area contributed by atoms with Crippen LogP contribution in [0.2, 0.25) is 0 Å². The van der Waals surface area contributed by atoms with Gasteiger partial charge in [-0.2, -0.15) is 0 Å². The molecule has 1 heterocycles. The van der Waals surface area contributed by atoms with Gasteiger partial charge in [-0.3, -0.25) is 4.79 Å². The zero-order valence-electron chi connectivity index (χ0n) is 15.4. The molecule has 2 rings (SSSR count). The first kappa shape index (κ1) is 21.3. The van der Waals surface area contributed by atoms with E-state index < -0.39 is 12.9 Å². The minimum absolute atomic E-state index is 0.190. The number of halogens is 1. The summed E-state index contributed by atoms with van der Waals surface area (Å²) in [5.41, 5.74) is 0.879. The molecule has 0 bridgehead atoms. The van der Waals surface area contributed by atoms with Gasteiger partial charge in [0, 0.05) is 19.8 Å². The first-order chi connectivity index (χ1) is 13.0. The van der Waals surface area contributed by atoms with Crippen LogP contribution in [0.25, 0.3) is 0 Å². The van der Waals surface area contributed by atoms with E-state index >= 15 is 0 Å². The van der Waals surface area contributed by atoms with Gasteiger partial charge in [0.05, 0.1) is 24.6 Å². The summed E-state index contributed by atoms with van der Waals surface area (Å²) in [7, 11) is 3.15. The lowest BCUT2D eigenvalue weighted by Gasteiger charge is -2.20. The van der Waals surface area contributed by atoms with Crippen LogP contribution in [0, 0.1) is 5.92 Å². The third kappa shape index (κ3) is 6.59. The van der Waals surface area contributed by atoms with Crippen molar-refractivity contribution in [2.45, 2.75) is 19.3 Å². The molecule has 150 valence electrons. The monoisotopic (exact) mass is 445 g/mol. The molecule has 27 heavy (non-hydrogen) atoms. The van der Waals surface area contributed by atoms with Crippen molar-refractivity contribution in [1.82, 2.24) is 5.32 Å². The van der Waals surface area contributed by atoms with Gasteiger partial charge in [-0.15, -0.1) is 0 Å². The Bertz CT molecular complexity index is 647. The average molecular weight is 446 g/mol. The Balaban J connectivity index is 1.70. The second-order valence-electron chi connectivity index (χ2n) is 5.88. The molecule has 1 aliphatic heterocycles. The molecule has 0 radical (unpaired) electrons. The Morgan fingerprint density at radius 3 is 2.52 bits per heavy atom. The molecule has 1 fully saturated rings. The van der Waals surface area contributed by atoms with E-state index in [2.05, 4.69) is 21.2 Å². The Kier molecular flexibility index (Phi) is 8.66. The van der Waals surface area contributed by atoms with E-state index in [1.54, 1.807) is 14.2 Å². The first-order valence-electron chi connectivity index (χ1n) is 8.60. The number of methoxy groups -OCH3 is 2. The van der Waals surface area contributed by atoms with Crippen molar-refractivity contribution < 1.29 is 33.3 Å². The quantitative estimate of drug-likeness (QED) is 0.485. The maximum atomic E-state index is 11.8. The first-order valence-corrected chi connectivity index (χ1v) is 9.39. The molecule has 0 saturated carbocycles. The summed E-state index contributed by atoms with van der Waals surface area (Å²) in [6.45, 7) is 1.02. The zero-order chi connectivity index (χ0) is 19.6. The highest BCUT2D eigenvalue weighted by Crippen LogP contribution is 2.32. The zero-order valence-corrected chi connectivity index (χ0v) is 17.0. The number of amides is 1. The smallest absolute Gasteiger partial charge is 0.410 e. The summed E-state index contributed by atoms with van der Waals surface area (Å²) in [6, 6.07) is 3.65. The minimum atomic E-state index is -0.655. The van der Waals surface area contributed by atoms with Crippen molar-refractivity contribution in [2.24, 2.45) is 5.92 Å². The summed E-state index contributed by atoms with van der Waals surface area (Å²) in [5.74, 6) is 0.805. The van der Waals surface area contributed by atoms with Crippen molar-refractivity contribution in [3.05, 3.63) is 22.2 Å². The van der Waals surface area contributed by atoms with Crippen LogP contribution in [0.1, 0.15) is 18.4 Å². The van der Waals surface area contributed by atoms with Gasteiger partial charge in [0.15, 0.2) is 0 Å². The van der Waals surface area contributed by atoms with Crippen LogP contribution in [0.15, 0.2) is 16.6 Å². The molecule has 0 aromatic heterocycles. The van der Waals surface area contributed by atoms with Gasteiger partial charge >= 0.3 is 12.1 Å². The molecule has 0 atom stereocenters. The molecule has 1 aromatic rings. The van der Waals surface area contributed by atoms with Gasteiger partial charge in [0.2, 0.25) is 6.79 Å². The summed E-state index contributed by atoms with van der Waals surface area (Å²) in [4.78, 5) is 23.5. The van der Waals surface area contributed by atoms with E-state index in [1.807, 2.05) is 12.1 Å². The summed E-state index contributed by atoms with van der Waals surface area (Å²) >= 11 is 3.40. The SMILES string of the molecule is COc1cc(CCNC(=O)OCOC(=O)C2CCOCC2)c(OC)cc1Br. The molecule has 9 heteroatoms. The molecular formula is C18H24BrNO7. The summed E-state index contributed by atoms with van der Waals surface area (Å²) < 4.78 is 26.4. The number of ether oxygens (including phenoxy) is 5. The number of carbonyl (C=O) groups excluding carboxylic acids is 2. The number of hydrogen-bond donors (Lipinski definition) is 1. The standard InChI is InChI=1S/C18H24BrNO7/c1-23-15-10-14(19)16(24-2)9-13(15)3-6-20-18(22)27-11-26-17(21)12-4-7-25-8-5-12/h9-10,12H,3-8,11H2,1-2H3,(H,20,22). The van der Waals surface area contributed by atoms with Crippen LogP contribution in [-0.2, 0) is 25.4 Å². The molecule has 8 nitrogen and oxygen atoms in total. The number of nitrogens with one attached hydrogen (secondary N) is 1. The summed E-state index contributed by atoms with van der Waals surface area (Å²) in [5, 5.41) is 2.61. The van der Waals surface area contributed by atoms with Crippen LogP contribution < -0.4 is 14.8 Å². The Labute approximate surface area is 166 Å². The van der Waals surface area contributed by atoms with Crippen LogP contribution in [0.4, 0.5) is 4.79 Å². The van der Waals surface area contributed by atoms with Crippen molar-refractivity contribution >= 4 is 28.0 Å². The van der Waals surface area contributed by atoms with E-state index in [0.717, 1.165) is 10.0 Å². The third-order valence-corrected chi connectivity index (χ3v) is 4.78. The van der Waals surface area contributed by atoms with Gasteiger partial charge in [0.25, 0.3) is 0 Å². The lowest BCUT2D eigenvalue weighted by atomic mass is 10.0. The molecule has 0 aliphatic carbocycles. The molecule has 1 aromatic carbocycles. The Morgan fingerprint density at radius 2 is 1.85 bits per heavy atom. The maximum Gasteiger partial charge on any atom is 0.410 e. The van der Waals surface area contributed by atoms with Gasteiger partial charge < -0.3 is 29.0 Å². The highest BCUT2D eigenvalue weighted by molar-refractivity contribution is 9.10. The van der Waals surface area contributed by atoms with E-state index in [0.29, 0.717) is 50.5 Å². The predicted molar refractivity (Wildman–Crippen MR) is 99.9 cm³/mol. The largest absolute Gasteiger partial charge is 0.496 e. The fourth-order valence-corrected chi connectivity index (χ4v) is 3.15. The predicted octanol–water partition coefficient (Wildman–Crippen LogP) is 2.66. The lowest BCUT2D eigenvalue weighted by Crippen LogP contribution is -2.30. The number of alkyl carbamates (subject to hydrolysis) is 1. The highest BCUT2D eigenvalue weighted by atomic mass is 79.9. The van der Waals surface area contributed by atoms with Crippen LogP contribution >= 0.6 is 15.9 Å². The van der Waals surface area contributed by atoms with Crippen molar-refractivity contribution in [3.63, 3.8) is 0 Å². The number of esters is 1. The Hall–Kier alpha value is -2.00. The van der Waals surface area contributed by atoms with Crippen LogP contribution in [0.5, 0.6) is 11.5 Å². The number of carbonyl (C=O) groups is 2. The molecule has 0 unspecified atom stereocenters. The molecule has 1 N–H and O–H groups in total. The van der Waals surface area contributed by atoms with E-state index in [4.69, 9.17) is 23.7 Å². The molecular weight excluding hydrogens is 422 g/mol. The average Bonchev–Trinajstić information content (AvgIpc) is 2.69. The van der Waals surface area contributed by atoms with E-state index in [-0.39, 0.29) is 11.9 Å². The van der Waals surface area contributed by atoms with Crippen molar-refractivity contribution in [2.75, 3.05) is 40.8 Å². The van der Waals surface area contributed by atoms with Gasteiger partial charge in [0.1, 0.15) is 11.5 Å². The molecule has 1 aliphatic rings. The highest BCUT2D eigenvalue weighted by Gasteiger charge is 2.23. The molecule has 1 amide bonds. The lowest BCUT2D eigenvalue weighted by molar-refractivity contribution is -0.159. The Morgan fingerprint density at radius 1 is 1.15 bits per heavy atom. The van der Waals surface area contributed by atoms with Gasteiger partial charge in [-0.05, 0) is 52.9 Å². The fourth-order valence-electron chi connectivity index (χ4n) is 2.66. The fraction of sp³-hybridized carbons (Fsp3) is 0.556. The van der Waals surface area contributed by atoms with Crippen LogP contribution in [-0.4, -0.2) is 52.8 Å². The van der Waals surface area contributed by atoms with Crippen LogP contribution in [0.3, 0.4) is 0 Å². The summed E-state index contributed by atoms with van der Waals surface area (Å²) in [6.07, 6.45) is 1.12. The second-order valence-corrected chi connectivity index (χ2v) is 6.73. The topological polar surface area (TPSA) is 92.3 Å². The van der Waals surface area contributed by atoms with Gasteiger partial charge in [-0.1, -0.05) is 0 Å². The maximum absolute atomic E-state index is 11.8. The second kappa shape index (κ2) is 11.0.